The normalized spacial score (nSPS) is 11.0. The second kappa shape index (κ2) is 6.48. The molecule has 0 amide bonds. The SMILES string of the molecule is CCCCN(CC)Cc1ccc(F)cc1N. The van der Waals surface area contributed by atoms with E-state index in [1.54, 1.807) is 6.07 Å². The van der Waals surface area contributed by atoms with E-state index in [0.29, 0.717) is 5.69 Å². The van der Waals surface area contributed by atoms with Crippen molar-refractivity contribution >= 4 is 5.69 Å². The fourth-order valence-electron chi connectivity index (χ4n) is 1.68. The molecular formula is C13H21FN2. The molecule has 0 aromatic heterocycles. The van der Waals surface area contributed by atoms with E-state index in [9.17, 15) is 4.39 Å². The summed E-state index contributed by atoms with van der Waals surface area (Å²) in [6.45, 7) is 7.19. The molecule has 0 radical (unpaired) electrons. The molecule has 0 spiro atoms. The van der Waals surface area contributed by atoms with Crippen LogP contribution in [0.2, 0.25) is 0 Å². The third-order valence-corrected chi connectivity index (χ3v) is 2.78. The zero-order valence-corrected chi connectivity index (χ0v) is 10.2. The van der Waals surface area contributed by atoms with E-state index < -0.39 is 0 Å². The molecule has 2 N–H and O–H groups in total. The second-order valence-electron chi connectivity index (χ2n) is 4.07. The predicted molar refractivity (Wildman–Crippen MR) is 66.7 cm³/mol. The van der Waals surface area contributed by atoms with Crippen LogP contribution < -0.4 is 5.73 Å². The molecule has 1 aromatic rings. The van der Waals surface area contributed by atoms with Crippen molar-refractivity contribution in [3.05, 3.63) is 29.6 Å². The van der Waals surface area contributed by atoms with Gasteiger partial charge in [0, 0.05) is 12.2 Å². The van der Waals surface area contributed by atoms with E-state index in [0.717, 1.165) is 25.2 Å². The van der Waals surface area contributed by atoms with Gasteiger partial charge in [-0.1, -0.05) is 26.3 Å². The molecule has 0 saturated carbocycles. The van der Waals surface area contributed by atoms with Gasteiger partial charge in [-0.2, -0.15) is 0 Å². The number of hydrogen-bond acceptors (Lipinski definition) is 2. The maximum absolute atomic E-state index is 12.9. The highest BCUT2D eigenvalue weighted by atomic mass is 19.1. The van der Waals surface area contributed by atoms with Crippen LogP contribution in [0.4, 0.5) is 10.1 Å². The van der Waals surface area contributed by atoms with Crippen molar-refractivity contribution in [2.24, 2.45) is 0 Å². The van der Waals surface area contributed by atoms with E-state index >= 15 is 0 Å². The van der Waals surface area contributed by atoms with Crippen LogP contribution in [0.5, 0.6) is 0 Å². The lowest BCUT2D eigenvalue weighted by Crippen LogP contribution is -2.24. The first-order chi connectivity index (χ1) is 7.67. The lowest BCUT2D eigenvalue weighted by Gasteiger charge is -2.20. The maximum Gasteiger partial charge on any atom is 0.125 e. The van der Waals surface area contributed by atoms with Gasteiger partial charge in [-0.3, -0.25) is 4.90 Å². The van der Waals surface area contributed by atoms with Gasteiger partial charge < -0.3 is 5.73 Å². The zero-order valence-electron chi connectivity index (χ0n) is 10.2. The fourth-order valence-corrected chi connectivity index (χ4v) is 1.68. The largest absolute Gasteiger partial charge is 0.398 e. The van der Waals surface area contributed by atoms with Gasteiger partial charge in [0.2, 0.25) is 0 Å². The molecule has 0 bridgehead atoms. The molecule has 90 valence electrons. The number of anilines is 1. The monoisotopic (exact) mass is 224 g/mol. The standard InChI is InChI=1S/C13H21FN2/c1-3-5-8-16(4-2)10-11-6-7-12(14)9-13(11)15/h6-7,9H,3-5,8,10,15H2,1-2H3. The quantitative estimate of drug-likeness (QED) is 0.753. The Morgan fingerprint density at radius 2 is 2.06 bits per heavy atom. The minimum absolute atomic E-state index is 0.266. The molecule has 0 aliphatic carbocycles. The number of nitrogen functional groups attached to an aromatic ring is 1. The summed E-state index contributed by atoms with van der Waals surface area (Å²) in [4.78, 5) is 2.33. The van der Waals surface area contributed by atoms with E-state index in [4.69, 9.17) is 5.73 Å². The molecule has 3 heteroatoms. The zero-order chi connectivity index (χ0) is 12.0. The highest BCUT2D eigenvalue weighted by molar-refractivity contribution is 5.46. The van der Waals surface area contributed by atoms with Gasteiger partial charge in [0.1, 0.15) is 5.82 Å². The van der Waals surface area contributed by atoms with Crippen LogP contribution in [0.3, 0.4) is 0 Å². The van der Waals surface area contributed by atoms with Crippen molar-refractivity contribution in [3.8, 4) is 0 Å². The fraction of sp³-hybridized carbons (Fsp3) is 0.538. The Labute approximate surface area is 97.3 Å². The first kappa shape index (κ1) is 13.0. The lowest BCUT2D eigenvalue weighted by molar-refractivity contribution is 0.276. The molecule has 16 heavy (non-hydrogen) atoms. The summed E-state index contributed by atoms with van der Waals surface area (Å²) in [5, 5.41) is 0. The van der Waals surface area contributed by atoms with E-state index in [1.165, 1.54) is 25.0 Å². The van der Waals surface area contributed by atoms with Crippen LogP contribution in [0.1, 0.15) is 32.3 Å². The molecule has 1 rings (SSSR count). The van der Waals surface area contributed by atoms with Crippen molar-refractivity contribution in [1.29, 1.82) is 0 Å². The van der Waals surface area contributed by atoms with Crippen LogP contribution in [0.25, 0.3) is 0 Å². The molecule has 0 saturated heterocycles. The first-order valence-corrected chi connectivity index (χ1v) is 5.93. The van der Waals surface area contributed by atoms with Crippen molar-refractivity contribution < 1.29 is 4.39 Å². The first-order valence-electron chi connectivity index (χ1n) is 5.93. The van der Waals surface area contributed by atoms with Gasteiger partial charge in [0.05, 0.1) is 0 Å². The van der Waals surface area contributed by atoms with Crippen molar-refractivity contribution in [1.82, 2.24) is 4.90 Å². The summed E-state index contributed by atoms with van der Waals surface area (Å²) in [5.74, 6) is -0.266. The Balaban J connectivity index is 2.62. The number of halogens is 1. The summed E-state index contributed by atoms with van der Waals surface area (Å²) in [5.41, 5.74) is 7.35. The highest BCUT2D eigenvalue weighted by Crippen LogP contribution is 2.15. The van der Waals surface area contributed by atoms with Crippen LogP contribution in [0, 0.1) is 5.82 Å². The number of unbranched alkanes of at least 4 members (excludes halogenated alkanes) is 1. The Morgan fingerprint density at radius 3 is 2.62 bits per heavy atom. The number of rotatable bonds is 6. The highest BCUT2D eigenvalue weighted by Gasteiger charge is 2.06. The van der Waals surface area contributed by atoms with Gasteiger partial charge in [0.25, 0.3) is 0 Å². The molecule has 0 atom stereocenters. The summed E-state index contributed by atoms with van der Waals surface area (Å²) in [7, 11) is 0. The Bertz CT molecular complexity index is 326. The molecular weight excluding hydrogens is 203 g/mol. The number of nitrogens with zero attached hydrogens (tertiary/aromatic N) is 1. The number of nitrogens with two attached hydrogens (primary N) is 1. The number of benzene rings is 1. The molecule has 1 aromatic carbocycles. The Hall–Kier alpha value is -1.09. The van der Waals surface area contributed by atoms with E-state index in [-0.39, 0.29) is 5.82 Å². The van der Waals surface area contributed by atoms with Gasteiger partial charge in [-0.25, -0.2) is 4.39 Å². The predicted octanol–water partition coefficient (Wildman–Crippen LogP) is 3.03. The van der Waals surface area contributed by atoms with Gasteiger partial charge in [-0.15, -0.1) is 0 Å². The van der Waals surface area contributed by atoms with Crippen LogP contribution in [-0.2, 0) is 6.54 Å². The molecule has 0 fully saturated rings. The third kappa shape index (κ3) is 3.81. The minimum Gasteiger partial charge on any atom is -0.398 e. The van der Waals surface area contributed by atoms with Crippen molar-refractivity contribution in [3.63, 3.8) is 0 Å². The molecule has 0 unspecified atom stereocenters. The van der Waals surface area contributed by atoms with Crippen LogP contribution >= 0.6 is 0 Å². The summed E-state index contributed by atoms with van der Waals surface area (Å²) in [6, 6.07) is 4.64. The second-order valence-corrected chi connectivity index (χ2v) is 4.07. The number of hydrogen-bond donors (Lipinski definition) is 1. The van der Waals surface area contributed by atoms with Gasteiger partial charge >= 0.3 is 0 Å². The van der Waals surface area contributed by atoms with Crippen molar-refractivity contribution in [2.45, 2.75) is 33.2 Å². The van der Waals surface area contributed by atoms with E-state index in [1.807, 2.05) is 0 Å². The van der Waals surface area contributed by atoms with Crippen LogP contribution in [0.15, 0.2) is 18.2 Å². The summed E-state index contributed by atoms with van der Waals surface area (Å²) in [6.07, 6.45) is 2.38. The average Bonchev–Trinajstić information content (AvgIpc) is 2.27. The third-order valence-electron chi connectivity index (χ3n) is 2.78. The maximum atomic E-state index is 12.9. The molecule has 2 nitrogen and oxygen atoms in total. The lowest BCUT2D eigenvalue weighted by atomic mass is 10.1. The Kier molecular flexibility index (Phi) is 5.26. The molecule has 0 aliphatic rings. The summed E-state index contributed by atoms with van der Waals surface area (Å²) < 4.78 is 12.9. The average molecular weight is 224 g/mol. The Morgan fingerprint density at radius 1 is 1.31 bits per heavy atom. The minimum atomic E-state index is -0.266. The van der Waals surface area contributed by atoms with Crippen LogP contribution in [-0.4, -0.2) is 18.0 Å². The smallest absolute Gasteiger partial charge is 0.125 e. The summed E-state index contributed by atoms with van der Waals surface area (Å²) >= 11 is 0. The van der Waals surface area contributed by atoms with Gasteiger partial charge in [0.15, 0.2) is 0 Å². The molecule has 0 aliphatic heterocycles. The molecule has 0 heterocycles. The topological polar surface area (TPSA) is 29.3 Å². The van der Waals surface area contributed by atoms with Gasteiger partial charge in [-0.05, 0) is 37.2 Å². The van der Waals surface area contributed by atoms with Crippen molar-refractivity contribution in [2.75, 3.05) is 18.8 Å². The van der Waals surface area contributed by atoms with E-state index in [2.05, 4.69) is 18.7 Å².